The van der Waals surface area contributed by atoms with Crippen LogP contribution in [0.3, 0.4) is 0 Å². The summed E-state index contributed by atoms with van der Waals surface area (Å²) in [7, 11) is 8.03. The highest BCUT2D eigenvalue weighted by atomic mass is 16.5. The molecular formula is C36H40N2O5. The topological polar surface area (TPSA) is 67.5 Å². The van der Waals surface area contributed by atoms with E-state index in [1.807, 2.05) is 6.07 Å². The molecule has 7 nitrogen and oxygen atoms in total. The molecule has 4 bridgehead atoms. The number of aromatic hydroxyl groups is 1. The Balaban J connectivity index is 1.25. The molecule has 0 radical (unpaired) electrons. The Morgan fingerprint density at radius 2 is 1.53 bits per heavy atom. The number of piperidine rings is 2. The Morgan fingerprint density at radius 3 is 2.30 bits per heavy atom. The van der Waals surface area contributed by atoms with Crippen LogP contribution in [0.25, 0.3) is 0 Å². The Morgan fingerprint density at radius 1 is 0.837 bits per heavy atom. The van der Waals surface area contributed by atoms with Gasteiger partial charge in [0.1, 0.15) is 11.5 Å². The average molecular weight is 581 g/mol. The Hall–Kier alpha value is -3.16. The number of rotatable bonds is 2. The quantitative estimate of drug-likeness (QED) is 0.462. The summed E-state index contributed by atoms with van der Waals surface area (Å²) >= 11 is 0. The van der Waals surface area contributed by atoms with Crippen molar-refractivity contribution in [1.82, 2.24) is 9.80 Å². The van der Waals surface area contributed by atoms with Gasteiger partial charge in [-0.1, -0.05) is 12.1 Å². The molecule has 43 heavy (non-hydrogen) atoms. The molecule has 7 atom stereocenters. The van der Waals surface area contributed by atoms with Gasteiger partial charge in [0.2, 0.25) is 0 Å². The van der Waals surface area contributed by atoms with Gasteiger partial charge in [-0.15, -0.1) is 0 Å². The van der Waals surface area contributed by atoms with E-state index in [4.69, 9.17) is 18.6 Å². The van der Waals surface area contributed by atoms with Crippen molar-refractivity contribution < 1.29 is 23.7 Å². The van der Waals surface area contributed by atoms with Crippen molar-refractivity contribution in [3.63, 3.8) is 0 Å². The van der Waals surface area contributed by atoms with Crippen LogP contribution in [0.1, 0.15) is 70.3 Å². The normalized spacial score (nSPS) is 36.0. The third-order valence-electron chi connectivity index (χ3n) is 13.3. The smallest absolute Gasteiger partial charge is 0.167 e. The highest BCUT2D eigenvalue weighted by Crippen LogP contribution is 2.70. The fourth-order valence-corrected chi connectivity index (χ4v) is 11.7. The molecule has 3 aromatic rings. The molecule has 0 amide bonds. The minimum atomic E-state index is -0.289. The first-order chi connectivity index (χ1) is 20.9. The van der Waals surface area contributed by atoms with Crippen molar-refractivity contribution in [2.75, 3.05) is 41.4 Å². The van der Waals surface area contributed by atoms with Gasteiger partial charge < -0.3 is 33.5 Å². The van der Waals surface area contributed by atoms with E-state index in [1.165, 1.54) is 27.8 Å². The SMILES string of the molecule is COc1ccc2c(c1O)[C@]13CCN(C)[C@H](C2)[C@@H]1CCc1oc2c(c13)C[C@H]1[C@@H]3Cc4ccc(OC)c5c4[C@@]1(CCN3C)[C@H]2O5. The zero-order valence-electron chi connectivity index (χ0n) is 25.5. The summed E-state index contributed by atoms with van der Waals surface area (Å²) in [5, 5.41) is 11.9. The van der Waals surface area contributed by atoms with Gasteiger partial charge in [-0.25, -0.2) is 0 Å². The summed E-state index contributed by atoms with van der Waals surface area (Å²) < 4.78 is 25.9. The molecule has 3 aliphatic heterocycles. The van der Waals surface area contributed by atoms with Crippen LogP contribution in [0.5, 0.6) is 23.0 Å². The molecule has 0 saturated carbocycles. The highest BCUT2D eigenvalue weighted by molar-refractivity contribution is 5.66. The lowest BCUT2D eigenvalue weighted by atomic mass is 9.48. The number of phenols is 1. The van der Waals surface area contributed by atoms with E-state index in [0.29, 0.717) is 35.4 Å². The predicted molar refractivity (Wildman–Crippen MR) is 161 cm³/mol. The highest BCUT2D eigenvalue weighted by Gasteiger charge is 2.68. The second-order valence-corrected chi connectivity index (χ2v) is 14.5. The van der Waals surface area contributed by atoms with Gasteiger partial charge in [-0.3, -0.25) is 0 Å². The molecular weight excluding hydrogens is 540 g/mol. The van der Waals surface area contributed by atoms with E-state index in [0.717, 1.165) is 86.6 Å². The van der Waals surface area contributed by atoms with E-state index >= 15 is 0 Å². The van der Waals surface area contributed by atoms with Gasteiger partial charge >= 0.3 is 0 Å². The zero-order chi connectivity index (χ0) is 29.0. The van der Waals surface area contributed by atoms with E-state index in [9.17, 15) is 5.11 Å². The fourth-order valence-electron chi connectivity index (χ4n) is 11.7. The lowest BCUT2D eigenvalue weighted by Gasteiger charge is -2.59. The molecule has 4 heterocycles. The number of hydrogen-bond acceptors (Lipinski definition) is 7. The molecule has 1 N–H and O–H groups in total. The summed E-state index contributed by atoms with van der Waals surface area (Å²) in [6, 6.07) is 9.45. The van der Waals surface area contributed by atoms with Crippen LogP contribution in [-0.2, 0) is 36.5 Å². The number of likely N-dealkylation sites (N-methyl/N-ethyl adjacent to an activating group) is 2. The van der Waals surface area contributed by atoms with Crippen LogP contribution in [0.15, 0.2) is 28.7 Å². The summed E-state index contributed by atoms with van der Waals surface area (Å²) in [6.45, 7) is 2.06. The fraction of sp³-hybridized carbons (Fsp3) is 0.556. The maximum absolute atomic E-state index is 11.9. The largest absolute Gasteiger partial charge is 0.504 e. The average Bonchev–Trinajstić information content (AvgIpc) is 3.56. The second-order valence-electron chi connectivity index (χ2n) is 14.5. The van der Waals surface area contributed by atoms with Crippen LogP contribution < -0.4 is 14.2 Å². The zero-order valence-corrected chi connectivity index (χ0v) is 25.5. The second kappa shape index (κ2) is 8.10. The molecule has 2 aromatic carbocycles. The number of aryl methyl sites for hydroxylation is 1. The number of benzene rings is 2. The van der Waals surface area contributed by atoms with Gasteiger partial charge in [0.25, 0.3) is 0 Å². The van der Waals surface area contributed by atoms with Crippen LogP contribution in [0, 0.1) is 11.8 Å². The molecule has 10 rings (SSSR count). The first kappa shape index (κ1) is 25.2. The summed E-state index contributed by atoms with van der Waals surface area (Å²) in [5.41, 5.74) is 7.55. The number of furan rings is 1. The van der Waals surface area contributed by atoms with Gasteiger partial charge in [0.05, 0.1) is 14.2 Å². The van der Waals surface area contributed by atoms with Crippen LogP contribution in [0.4, 0.5) is 0 Å². The Labute approximate surface area is 252 Å². The molecule has 224 valence electrons. The monoisotopic (exact) mass is 580 g/mol. The van der Waals surface area contributed by atoms with Crippen LogP contribution in [-0.4, -0.2) is 68.4 Å². The van der Waals surface area contributed by atoms with E-state index in [2.05, 4.69) is 42.1 Å². The minimum Gasteiger partial charge on any atom is -0.504 e. The molecule has 1 aromatic heterocycles. The number of methoxy groups -OCH3 is 2. The first-order valence-electron chi connectivity index (χ1n) is 16.2. The molecule has 2 fully saturated rings. The summed E-state index contributed by atoms with van der Waals surface area (Å²) in [4.78, 5) is 5.18. The van der Waals surface area contributed by atoms with Crippen molar-refractivity contribution in [2.45, 2.75) is 74.0 Å². The Kier molecular flexibility index (Phi) is 4.75. The standard InChI is InChI=1S/C36H40N2O5/c1-37-13-11-35-21(23(37)15-18-5-8-26(40-3)31(39)28(18)35)7-10-25-30(35)20-17-22-24-16-19-6-9-27(41-4)33-29(19)36(22,12-14-38(24)2)34(43-33)32(20)42-25/h5-6,8-9,21-24,34,39H,7,10-17H2,1-4H3/t21-,22-,23+,24-,34-,35-,36-/m0/s1. The van der Waals surface area contributed by atoms with E-state index in [1.54, 1.807) is 14.2 Å². The number of ether oxygens (including phenoxy) is 3. The van der Waals surface area contributed by atoms with Crippen LogP contribution in [0.2, 0.25) is 0 Å². The van der Waals surface area contributed by atoms with Gasteiger partial charge in [-0.2, -0.15) is 0 Å². The number of hydrogen-bond donors (Lipinski definition) is 1. The summed E-state index contributed by atoms with van der Waals surface area (Å²) in [6.07, 6.45) is 6.90. The molecule has 2 saturated heterocycles. The Bertz CT molecular complexity index is 1730. The van der Waals surface area contributed by atoms with E-state index < -0.39 is 0 Å². The van der Waals surface area contributed by atoms with Crippen molar-refractivity contribution in [2.24, 2.45) is 11.8 Å². The lowest BCUT2D eigenvalue weighted by molar-refractivity contribution is -0.0327. The van der Waals surface area contributed by atoms with Crippen LogP contribution >= 0.6 is 0 Å². The molecule has 4 aliphatic carbocycles. The van der Waals surface area contributed by atoms with Gasteiger partial charge in [-0.05, 0) is 101 Å². The van der Waals surface area contributed by atoms with Gasteiger partial charge in [0.15, 0.2) is 29.1 Å². The third-order valence-corrected chi connectivity index (χ3v) is 13.3. The molecule has 0 unspecified atom stereocenters. The number of phenolic OH excluding ortho intramolecular Hbond substituents is 1. The number of fused-ring (bicyclic) bond motifs is 5. The molecule has 1 spiro atoms. The number of nitrogens with zero attached hydrogens (tertiary/aromatic N) is 2. The lowest BCUT2D eigenvalue weighted by Crippen LogP contribution is -2.63. The van der Waals surface area contributed by atoms with Crippen molar-refractivity contribution in [3.05, 3.63) is 69.2 Å². The van der Waals surface area contributed by atoms with Crippen molar-refractivity contribution >= 4 is 0 Å². The van der Waals surface area contributed by atoms with Gasteiger partial charge in [0, 0.05) is 51.6 Å². The van der Waals surface area contributed by atoms with E-state index in [-0.39, 0.29) is 16.9 Å². The maximum atomic E-state index is 11.9. The van der Waals surface area contributed by atoms with Crippen molar-refractivity contribution in [3.8, 4) is 23.0 Å². The number of likely N-dealkylation sites (tertiary alicyclic amines) is 2. The first-order valence-corrected chi connectivity index (χ1v) is 16.2. The predicted octanol–water partition coefficient (Wildman–Crippen LogP) is 4.92. The summed E-state index contributed by atoms with van der Waals surface area (Å²) in [5.74, 6) is 5.73. The molecule has 7 heteroatoms. The minimum absolute atomic E-state index is 0.0930. The third kappa shape index (κ3) is 2.70. The van der Waals surface area contributed by atoms with Crippen molar-refractivity contribution in [1.29, 1.82) is 0 Å². The maximum Gasteiger partial charge on any atom is 0.167 e. The molecule has 7 aliphatic rings.